The van der Waals surface area contributed by atoms with Crippen LogP contribution in [0.2, 0.25) is 5.02 Å². The smallest absolute Gasteiger partial charge is 0.142 e. The van der Waals surface area contributed by atoms with E-state index in [1.165, 1.54) is 6.07 Å². The number of halogens is 2. The second-order valence-corrected chi connectivity index (χ2v) is 5.06. The molecule has 0 radical (unpaired) electrons. The van der Waals surface area contributed by atoms with Crippen LogP contribution < -0.4 is 5.32 Å². The van der Waals surface area contributed by atoms with Crippen molar-refractivity contribution in [2.45, 2.75) is 32.4 Å². The summed E-state index contributed by atoms with van der Waals surface area (Å²) in [7, 11) is 0. The summed E-state index contributed by atoms with van der Waals surface area (Å²) in [6.07, 6.45) is 3.56. The minimum Gasteiger partial charge on any atom is -0.469 e. The Bertz CT molecular complexity index is 513. The van der Waals surface area contributed by atoms with Gasteiger partial charge in [0.25, 0.3) is 0 Å². The van der Waals surface area contributed by atoms with Crippen LogP contribution in [-0.2, 0) is 13.0 Å². The molecule has 0 amide bonds. The quantitative estimate of drug-likeness (QED) is 0.859. The second kappa shape index (κ2) is 6.73. The Labute approximate surface area is 117 Å². The second-order valence-electron chi connectivity index (χ2n) is 4.65. The number of hydrogen-bond acceptors (Lipinski definition) is 2. The fourth-order valence-electron chi connectivity index (χ4n) is 1.86. The zero-order chi connectivity index (χ0) is 13.7. The van der Waals surface area contributed by atoms with Crippen molar-refractivity contribution in [2.75, 3.05) is 0 Å². The van der Waals surface area contributed by atoms with E-state index in [4.69, 9.17) is 16.0 Å². The van der Waals surface area contributed by atoms with Crippen molar-refractivity contribution in [3.8, 4) is 0 Å². The Kier molecular flexibility index (Phi) is 5.00. The lowest BCUT2D eigenvalue weighted by molar-refractivity contribution is 0.459. The van der Waals surface area contributed by atoms with E-state index in [1.807, 2.05) is 18.2 Å². The van der Waals surface area contributed by atoms with Gasteiger partial charge in [-0.25, -0.2) is 4.39 Å². The lowest BCUT2D eigenvalue weighted by Crippen LogP contribution is -2.25. The van der Waals surface area contributed by atoms with Crippen LogP contribution in [0, 0.1) is 5.82 Å². The Morgan fingerprint density at radius 2 is 2.21 bits per heavy atom. The predicted molar refractivity (Wildman–Crippen MR) is 74.7 cm³/mol. The average Bonchev–Trinajstić information content (AvgIpc) is 2.91. The summed E-state index contributed by atoms with van der Waals surface area (Å²) in [5.41, 5.74) is 0.895. The minimum absolute atomic E-state index is 0.162. The van der Waals surface area contributed by atoms with Crippen LogP contribution in [-0.4, -0.2) is 6.04 Å². The predicted octanol–water partition coefficient (Wildman–Crippen LogP) is 4.18. The van der Waals surface area contributed by atoms with Crippen molar-refractivity contribution in [1.82, 2.24) is 5.32 Å². The van der Waals surface area contributed by atoms with E-state index in [0.29, 0.717) is 12.6 Å². The van der Waals surface area contributed by atoms with Gasteiger partial charge >= 0.3 is 0 Å². The topological polar surface area (TPSA) is 25.2 Å². The van der Waals surface area contributed by atoms with E-state index in [0.717, 1.165) is 24.2 Å². The third kappa shape index (κ3) is 4.37. The summed E-state index contributed by atoms with van der Waals surface area (Å²) in [6, 6.07) is 9.09. The van der Waals surface area contributed by atoms with Crippen molar-refractivity contribution in [3.63, 3.8) is 0 Å². The van der Waals surface area contributed by atoms with Crippen molar-refractivity contribution in [2.24, 2.45) is 0 Å². The van der Waals surface area contributed by atoms with E-state index in [2.05, 4.69) is 12.2 Å². The summed E-state index contributed by atoms with van der Waals surface area (Å²) in [5.74, 6) is 0.621. The maximum atomic E-state index is 13.3. The van der Waals surface area contributed by atoms with Crippen molar-refractivity contribution >= 4 is 11.6 Å². The zero-order valence-electron chi connectivity index (χ0n) is 10.8. The van der Waals surface area contributed by atoms with Crippen LogP contribution >= 0.6 is 11.6 Å². The molecule has 0 fully saturated rings. The highest BCUT2D eigenvalue weighted by molar-refractivity contribution is 6.30. The van der Waals surface area contributed by atoms with Gasteiger partial charge in [0, 0.05) is 19.0 Å². The van der Waals surface area contributed by atoms with Gasteiger partial charge < -0.3 is 9.73 Å². The van der Waals surface area contributed by atoms with Gasteiger partial charge in [0.2, 0.25) is 0 Å². The molecule has 0 saturated carbocycles. The number of hydrogen-bond donors (Lipinski definition) is 1. The van der Waals surface area contributed by atoms with Crippen molar-refractivity contribution in [1.29, 1.82) is 0 Å². The van der Waals surface area contributed by atoms with Crippen molar-refractivity contribution < 1.29 is 8.81 Å². The molecule has 1 N–H and O–H groups in total. The van der Waals surface area contributed by atoms with Gasteiger partial charge in [-0.05, 0) is 43.2 Å². The van der Waals surface area contributed by atoms with E-state index in [9.17, 15) is 4.39 Å². The number of rotatable bonds is 6. The molecule has 1 aromatic heterocycles. The number of nitrogens with one attached hydrogen (secondary N) is 1. The average molecular weight is 282 g/mol. The van der Waals surface area contributed by atoms with Gasteiger partial charge in [0.05, 0.1) is 11.3 Å². The first kappa shape index (κ1) is 14.1. The summed E-state index contributed by atoms with van der Waals surface area (Å²) in [6.45, 7) is 2.74. The zero-order valence-corrected chi connectivity index (χ0v) is 11.6. The third-order valence-electron chi connectivity index (χ3n) is 3.04. The van der Waals surface area contributed by atoms with Crippen molar-refractivity contribution in [3.05, 3.63) is 58.8 Å². The van der Waals surface area contributed by atoms with Gasteiger partial charge in [-0.2, -0.15) is 0 Å². The van der Waals surface area contributed by atoms with E-state index in [-0.39, 0.29) is 10.8 Å². The van der Waals surface area contributed by atoms with Crippen LogP contribution in [0.3, 0.4) is 0 Å². The molecule has 0 aliphatic carbocycles. The molecule has 0 spiro atoms. The molecule has 1 heterocycles. The monoisotopic (exact) mass is 281 g/mol. The molecule has 1 aromatic carbocycles. The Morgan fingerprint density at radius 1 is 1.37 bits per heavy atom. The number of furan rings is 1. The highest BCUT2D eigenvalue weighted by atomic mass is 35.5. The molecular weight excluding hydrogens is 265 g/mol. The Balaban J connectivity index is 1.76. The Morgan fingerprint density at radius 3 is 2.89 bits per heavy atom. The fraction of sp³-hybridized carbons (Fsp3) is 0.333. The van der Waals surface area contributed by atoms with E-state index in [1.54, 1.807) is 12.3 Å². The molecule has 1 unspecified atom stereocenters. The standard InChI is InChI=1S/C15H17ClFNO/c1-11(4-6-13-3-2-8-19-13)18-10-12-5-7-14(16)15(17)9-12/h2-3,5,7-9,11,18H,4,6,10H2,1H3. The largest absolute Gasteiger partial charge is 0.469 e. The first-order chi connectivity index (χ1) is 9.15. The van der Waals surface area contributed by atoms with Gasteiger partial charge in [-0.3, -0.25) is 0 Å². The number of benzene rings is 1. The summed E-state index contributed by atoms with van der Waals surface area (Å²) in [5, 5.41) is 3.52. The molecule has 4 heteroatoms. The Hall–Kier alpha value is -1.32. The summed E-state index contributed by atoms with van der Waals surface area (Å²) >= 11 is 5.64. The van der Waals surface area contributed by atoms with Crippen LogP contribution in [0.4, 0.5) is 4.39 Å². The van der Waals surface area contributed by atoms with Gasteiger partial charge in [-0.1, -0.05) is 17.7 Å². The van der Waals surface area contributed by atoms with Gasteiger partial charge in [-0.15, -0.1) is 0 Å². The van der Waals surface area contributed by atoms with Gasteiger partial charge in [0.15, 0.2) is 0 Å². The van der Waals surface area contributed by atoms with Crippen LogP contribution in [0.5, 0.6) is 0 Å². The highest BCUT2D eigenvalue weighted by Crippen LogP contribution is 2.15. The molecule has 2 rings (SSSR count). The molecule has 2 nitrogen and oxygen atoms in total. The molecular formula is C15H17ClFNO. The maximum Gasteiger partial charge on any atom is 0.142 e. The molecule has 0 saturated heterocycles. The molecule has 0 aliphatic rings. The molecule has 0 aliphatic heterocycles. The van der Waals surface area contributed by atoms with Crippen LogP contribution in [0.15, 0.2) is 41.0 Å². The lowest BCUT2D eigenvalue weighted by Gasteiger charge is -2.13. The van der Waals surface area contributed by atoms with Crippen LogP contribution in [0.25, 0.3) is 0 Å². The molecule has 2 aromatic rings. The van der Waals surface area contributed by atoms with E-state index >= 15 is 0 Å². The number of aryl methyl sites for hydroxylation is 1. The van der Waals surface area contributed by atoms with E-state index < -0.39 is 0 Å². The first-order valence-corrected chi connectivity index (χ1v) is 6.72. The first-order valence-electron chi connectivity index (χ1n) is 6.35. The van der Waals surface area contributed by atoms with Gasteiger partial charge in [0.1, 0.15) is 11.6 Å². The molecule has 19 heavy (non-hydrogen) atoms. The molecule has 102 valence electrons. The minimum atomic E-state index is -0.371. The summed E-state index contributed by atoms with van der Waals surface area (Å²) < 4.78 is 18.5. The lowest BCUT2D eigenvalue weighted by atomic mass is 10.1. The fourth-order valence-corrected chi connectivity index (χ4v) is 1.97. The molecule has 1 atom stereocenters. The summed E-state index contributed by atoms with van der Waals surface area (Å²) in [4.78, 5) is 0. The highest BCUT2D eigenvalue weighted by Gasteiger charge is 2.05. The maximum absolute atomic E-state index is 13.3. The SMILES string of the molecule is CC(CCc1ccco1)NCc1ccc(Cl)c(F)c1. The third-order valence-corrected chi connectivity index (χ3v) is 3.35. The van der Waals surface area contributed by atoms with Crippen LogP contribution in [0.1, 0.15) is 24.7 Å². The molecule has 0 bridgehead atoms. The normalized spacial score (nSPS) is 12.6.